The summed E-state index contributed by atoms with van der Waals surface area (Å²) in [7, 11) is 1.69. The Bertz CT molecular complexity index is 481. The molecule has 13 heavy (non-hydrogen) atoms. The average molecular weight is 201 g/mol. The van der Waals surface area contributed by atoms with Gasteiger partial charge < -0.3 is 0 Å². The van der Waals surface area contributed by atoms with E-state index in [1.807, 2.05) is 0 Å². The molecule has 0 saturated carbocycles. The van der Waals surface area contributed by atoms with Crippen LogP contribution in [0.25, 0.3) is 5.69 Å². The van der Waals surface area contributed by atoms with E-state index in [4.69, 9.17) is 11.6 Å². The average Bonchev–Trinajstić information content (AvgIpc) is 2.58. The minimum absolute atomic E-state index is 0.207. The van der Waals surface area contributed by atoms with Crippen molar-refractivity contribution in [3.63, 3.8) is 0 Å². The number of nitrogens with zero attached hydrogens (tertiary/aromatic N) is 5. The zero-order chi connectivity index (χ0) is 9.42. The Balaban J connectivity index is 2.65. The van der Waals surface area contributed by atoms with E-state index in [9.17, 15) is 4.79 Å². The molecule has 68 valence electrons. The van der Waals surface area contributed by atoms with Crippen LogP contribution in [-0.4, -0.2) is 30.0 Å². The molecule has 0 amide bonds. The summed E-state index contributed by atoms with van der Waals surface area (Å²) in [5, 5.41) is 13.1. The first kappa shape index (κ1) is 7.99. The van der Waals surface area contributed by atoms with Crippen molar-refractivity contribution in [3.8, 4) is 5.69 Å². The van der Waals surface area contributed by atoms with Crippen LogP contribution < -0.4 is 5.69 Å². The van der Waals surface area contributed by atoms with Gasteiger partial charge in [-0.3, -0.25) is 4.68 Å². The number of rotatable bonds is 1. The van der Waals surface area contributed by atoms with Crippen LogP contribution in [0.4, 0.5) is 0 Å². The Morgan fingerprint density at radius 3 is 2.85 bits per heavy atom. The molecule has 2 heterocycles. The molecule has 0 aliphatic carbocycles. The van der Waals surface area contributed by atoms with Crippen molar-refractivity contribution in [3.05, 3.63) is 21.8 Å². The minimum atomic E-state index is -0.449. The first-order valence-corrected chi connectivity index (χ1v) is 3.76. The second-order valence-electron chi connectivity index (χ2n) is 2.40. The highest BCUT2D eigenvalue weighted by Gasteiger charge is 2.10. The Hall–Kier alpha value is -1.63. The van der Waals surface area contributed by atoms with Gasteiger partial charge in [-0.15, -0.1) is 0 Å². The fraction of sp³-hybridized carbons (Fsp3) is 0.200. The highest BCUT2D eigenvalue weighted by Crippen LogP contribution is 2.14. The zero-order valence-electron chi connectivity index (χ0n) is 6.60. The maximum absolute atomic E-state index is 11.1. The fourth-order valence-electron chi connectivity index (χ4n) is 0.946. The number of aromatic nitrogens is 6. The van der Waals surface area contributed by atoms with Crippen LogP contribution in [0.1, 0.15) is 0 Å². The van der Waals surface area contributed by atoms with Crippen molar-refractivity contribution in [1.82, 2.24) is 30.0 Å². The van der Waals surface area contributed by atoms with Crippen LogP contribution in [0, 0.1) is 0 Å². The summed E-state index contributed by atoms with van der Waals surface area (Å²) >= 11 is 5.74. The van der Waals surface area contributed by atoms with Gasteiger partial charge >= 0.3 is 5.69 Å². The topological polar surface area (TPSA) is 81.4 Å². The number of nitrogens with one attached hydrogen (secondary N) is 1. The lowest BCUT2D eigenvalue weighted by Gasteiger charge is -1.89. The van der Waals surface area contributed by atoms with E-state index in [-0.39, 0.29) is 5.15 Å². The standard InChI is InChI=1S/C5H5ClN6O/c1-11-2-3(4(6)8-11)12-5(13)7-9-10-12/h2H,1H3,(H,7,10,13). The van der Waals surface area contributed by atoms with Crippen molar-refractivity contribution in [1.29, 1.82) is 0 Å². The third kappa shape index (κ3) is 1.22. The number of H-pyrrole nitrogens is 1. The SMILES string of the molecule is Cn1cc(-n2nn[nH]c2=O)c(Cl)n1. The third-order valence-corrected chi connectivity index (χ3v) is 1.74. The summed E-state index contributed by atoms with van der Waals surface area (Å²) in [5.74, 6) is 0. The molecule has 0 unspecified atom stereocenters. The summed E-state index contributed by atoms with van der Waals surface area (Å²) in [6.07, 6.45) is 1.58. The first-order valence-electron chi connectivity index (χ1n) is 3.38. The Morgan fingerprint density at radius 2 is 2.38 bits per heavy atom. The Morgan fingerprint density at radius 1 is 1.62 bits per heavy atom. The number of aryl methyl sites for hydroxylation is 1. The first-order chi connectivity index (χ1) is 6.18. The minimum Gasteiger partial charge on any atom is -0.272 e. The molecule has 2 rings (SSSR count). The van der Waals surface area contributed by atoms with Crippen LogP contribution in [-0.2, 0) is 7.05 Å². The van der Waals surface area contributed by atoms with Gasteiger partial charge in [0.2, 0.25) is 0 Å². The van der Waals surface area contributed by atoms with E-state index in [0.717, 1.165) is 4.68 Å². The van der Waals surface area contributed by atoms with E-state index >= 15 is 0 Å². The molecular formula is C5H5ClN6O. The van der Waals surface area contributed by atoms with Gasteiger partial charge in [0, 0.05) is 7.05 Å². The van der Waals surface area contributed by atoms with E-state index in [1.54, 1.807) is 13.2 Å². The molecule has 0 radical (unpaired) electrons. The number of hydrogen-bond acceptors (Lipinski definition) is 4. The molecule has 0 spiro atoms. The molecule has 0 aliphatic heterocycles. The third-order valence-electron chi connectivity index (χ3n) is 1.47. The molecule has 2 aromatic heterocycles. The van der Waals surface area contributed by atoms with Crippen molar-refractivity contribution in [2.75, 3.05) is 0 Å². The van der Waals surface area contributed by atoms with Crippen LogP contribution in [0.5, 0.6) is 0 Å². The van der Waals surface area contributed by atoms with Crippen molar-refractivity contribution < 1.29 is 0 Å². The van der Waals surface area contributed by atoms with Gasteiger partial charge in [-0.05, 0) is 10.4 Å². The summed E-state index contributed by atoms with van der Waals surface area (Å²) < 4.78 is 2.52. The van der Waals surface area contributed by atoms with Gasteiger partial charge in [-0.1, -0.05) is 11.6 Å². The second kappa shape index (κ2) is 2.70. The number of hydrogen-bond donors (Lipinski definition) is 1. The molecule has 0 atom stereocenters. The maximum atomic E-state index is 11.1. The molecule has 0 saturated heterocycles. The highest BCUT2D eigenvalue weighted by molar-refractivity contribution is 6.31. The van der Waals surface area contributed by atoms with Crippen LogP contribution in [0.3, 0.4) is 0 Å². The maximum Gasteiger partial charge on any atom is 0.366 e. The lowest BCUT2D eigenvalue weighted by atomic mass is 10.6. The quantitative estimate of drug-likeness (QED) is 0.663. The van der Waals surface area contributed by atoms with Gasteiger partial charge in [0.15, 0.2) is 5.15 Å². The van der Waals surface area contributed by atoms with Gasteiger partial charge in [0.05, 0.1) is 6.20 Å². The summed E-state index contributed by atoms with van der Waals surface area (Å²) in [6.45, 7) is 0. The molecule has 0 aromatic carbocycles. The molecule has 7 nitrogen and oxygen atoms in total. The molecule has 8 heteroatoms. The lowest BCUT2D eigenvalue weighted by Crippen LogP contribution is -2.15. The number of tetrazole rings is 1. The largest absolute Gasteiger partial charge is 0.366 e. The monoisotopic (exact) mass is 200 g/mol. The van der Waals surface area contributed by atoms with Crippen LogP contribution in [0.2, 0.25) is 5.15 Å². The Labute approximate surface area is 76.9 Å². The van der Waals surface area contributed by atoms with E-state index < -0.39 is 5.69 Å². The number of halogens is 1. The summed E-state index contributed by atoms with van der Waals surface area (Å²) in [4.78, 5) is 11.1. The van der Waals surface area contributed by atoms with Crippen LogP contribution in [0.15, 0.2) is 11.0 Å². The normalized spacial score (nSPS) is 10.6. The molecule has 2 aromatic rings. The molecule has 0 fully saturated rings. The summed E-state index contributed by atoms with van der Waals surface area (Å²) in [6, 6.07) is 0. The summed E-state index contributed by atoms with van der Waals surface area (Å²) in [5.41, 5.74) is -0.0437. The molecule has 0 aliphatic rings. The second-order valence-corrected chi connectivity index (χ2v) is 2.76. The highest BCUT2D eigenvalue weighted by atomic mass is 35.5. The van der Waals surface area contributed by atoms with Gasteiger partial charge in [0.1, 0.15) is 5.69 Å². The molecule has 1 N–H and O–H groups in total. The smallest absolute Gasteiger partial charge is 0.272 e. The molecule has 0 bridgehead atoms. The fourth-order valence-corrected chi connectivity index (χ4v) is 1.19. The Kier molecular flexibility index (Phi) is 1.66. The van der Waals surface area contributed by atoms with E-state index in [0.29, 0.717) is 5.69 Å². The van der Waals surface area contributed by atoms with Crippen molar-refractivity contribution in [2.24, 2.45) is 7.05 Å². The predicted octanol–water partition coefficient (Wildman–Crippen LogP) is -0.658. The van der Waals surface area contributed by atoms with Crippen molar-refractivity contribution >= 4 is 11.6 Å². The number of aromatic amines is 1. The molecular weight excluding hydrogens is 196 g/mol. The van der Waals surface area contributed by atoms with E-state index in [2.05, 4.69) is 20.6 Å². The zero-order valence-corrected chi connectivity index (χ0v) is 7.36. The predicted molar refractivity (Wildman–Crippen MR) is 43.8 cm³/mol. The van der Waals surface area contributed by atoms with Gasteiger partial charge in [-0.2, -0.15) is 9.78 Å². The van der Waals surface area contributed by atoms with Crippen molar-refractivity contribution in [2.45, 2.75) is 0 Å². The van der Waals surface area contributed by atoms with Crippen LogP contribution >= 0.6 is 11.6 Å². The lowest BCUT2D eigenvalue weighted by molar-refractivity contribution is 0.759. The van der Waals surface area contributed by atoms with Gasteiger partial charge in [-0.25, -0.2) is 9.89 Å². The van der Waals surface area contributed by atoms with Gasteiger partial charge in [0.25, 0.3) is 0 Å². The van der Waals surface area contributed by atoms with E-state index in [1.165, 1.54) is 4.68 Å².